The van der Waals surface area contributed by atoms with Crippen molar-refractivity contribution in [2.75, 3.05) is 7.11 Å². The highest BCUT2D eigenvalue weighted by Gasteiger charge is 2.19. The molecule has 0 saturated heterocycles. The van der Waals surface area contributed by atoms with Crippen LogP contribution >= 0.6 is 11.3 Å². The molecule has 2 heterocycles. The average molecular weight is 344 g/mol. The second kappa shape index (κ2) is 6.09. The number of aromatic nitrogens is 2. The first-order valence-electron chi connectivity index (χ1n) is 7.30. The maximum Gasteiger partial charge on any atom is 0.326 e. The third-order valence-electron chi connectivity index (χ3n) is 4.00. The zero-order chi connectivity index (χ0) is 17.4. The van der Waals surface area contributed by atoms with Crippen LogP contribution in [0.4, 0.5) is 0 Å². The van der Waals surface area contributed by atoms with Gasteiger partial charge in [-0.2, -0.15) is 0 Å². The number of rotatable bonds is 4. The molecule has 3 aromatic rings. The summed E-state index contributed by atoms with van der Waals surface area (Å²) in [4.78, 5) is 28.8. The molecule has 7 heteroatoms. The van der Waals surface area contributed by atoms with Crippen molar-refractivity contribution >= 4 is 27.5 Å². The Bertz CT molecular complexity index is 990. The largest absolute Gasteiger partial charge is 0.496 e. The molecule has 0 aliphatic carbocycles. The zero-order valence-corrected chi connectivity index (χ0v) is 14.3. The van der Waals surface area contributed by atoms with Gasteiger partial charge < -0.3 is 9.84 Å². The fourth-order valence-corrected chi connectivity index (χ4v) is 3.51. The number of aliphatic carboxylic acids is 1. The Morgan fingerprint density at radius 1 is 1.42 bits per heavy atom. The first-order valence-corrected chi connectivity index (χ1v) is 8.18. The Morgan fingerprint density at radius 3 is 2.79 bits per heavy atom. The molecule has 0 amide bonds. The first kappa shape index (κ1) is 16.2. The van der Waals surface area contributed by atoms with Gasteiger partial charge in [0.25, 0.3) is 5.56 Å². The molecule has 0 radical (unpaired) electrons. The Hall–Kier alpha value is -2.67. The van der Waals surface area contributed by atoms with Gasteiger partial charge in [0.15, 0.2) is 0 Å². The van der Waals surface area contributed by atoms with Crippen LogP contribution in [0.25, 0.3) is 21.3 Å². The molecule has 0 bridgehead atoms. The Balaban J connectivity index is 2.23. The van der Waals surface area contributed by atoms with Gasteiger partial charge in [-0.3, -0.25) is 9.36 Å². The van der Waals surface area contributed by atoms with Gasteiger partial charge in [-0.25, -0.2) is 9.78 Å². The number of thiophene rings is 1. The number of aryl methyl sites for hydroxylation is 1. The van der Waals surface area contributed by atoms with Gasteiger partial charge in [0, 0.05) is 10.9 Å². The van der Waals surface area contributed by atoms with E-state index < -0.39 is 12.0 Å². The van der Waals surface area contributed by atoms with Crippen LogP contribution in [0.2, 0.25) is 0 Å². The standard InChI is InChI=1S/C17H16N2O4S/c1-9-6-11(4-5-13(9)23-3)12-7-24-15-14(12)16(20)19(8-18-15)10(2)17(21)22/h4-8,10H,1-3H3,(H,21,22). The van der Waals surface area contributed by atoms with E-state index in [1.54, 1.807) is 7.11 Å². The molecule has 24 heavy (non-hydrogen) atoms. The molecule has 1 N–H and O–H groups in total. The molecule has 0 aliphatic heterocycles. The van der Waals surface area contributed by atoms with Crippen LogP contribution in [0.5, 0.6) is 5.75 Å². The van der Waals surface area contributed by atoms with Crippen molar-refractivity contribution in [1.29, 1.82) is 0 Å². The smallest absolute Gasteiger partial charge is 0.326 e. The highest BCUT2D eigenvalue weighted by Crippen LogP contribution is 2.33. The molecule has 3 rings (SSSR count). The molecule has 0 spiro atoms. The first-order chi connectivity index (χ1) is 11.4. The normalized spacial score (nSPS) is 12.3. The lowest BCUT2D eigenvalue weighted by Gasteiger charge is -2.10. The third-order valence-corrected chi connectivity index (χ3v) is 4.89. The number of hydrogen-bond acceptors (Lipinski definition) is 5. The molecular weight excluding hydrogens is 328 g/mol. The molecule has 0 saturated carbocycles. The van der Waals surface area contributed by atoms with Crippen molar-refractivity contribution < 1.29 is 14.6 Å². The van der Waals surface area contributed by atoms with Crippen LogP contribution in [-0.4, -0.2) is 27.7 Å². The van der Waals surface area contributed by atoms with Crippen molar-refractivity contribution in [1.82, 2.24) is 9.55 Å². The summed E-state index contributed by atoms with van der Waals surface area (Å²) in [6.45, 7) is 3.39. The summed E-state index contributed by atoms with van der Waals surface area (Å²) in [6.07, 6.45) is 1.29. The number of benzene rings is 1. The van der Waals surface area contributed by atoms with Gasteiger partial charge in [0.1, 0.15) is 16.6 Å². The van der Waals surface area contributed by atoms with Gasteiger partial charge in [-0.15, -0.1) is 11.3 Å². The summed E-state index contributed by atoms with van der Waals surface area (Å²) < 4.78 is 6.41. The van der Waals surface area contributed by atoms with Crippen molar-refractivity contribution in [2.45, 2.75) is 19.9 Å². The van der Waals surface area contributed by atoms with E-state index in [4.69, 9.17) is 9.84 Å². The highest BCUT2D eigenvalue weighted by molar-refractivity contribution is 7.17. The van der Waals surface area contributed by atoms with E-state index in [-0.39, 0.29) is 5.56 Å². The zero-order valence-electron chi connectivity index (χ0n) is 13.4. The van der Waals surface area contributed by atoms with Gasteiger partial charge in [-0.05, 0) is 37.1 Å². The molecule has 1 unspecified atom stereocenters. The van der Waals surface area contributed by atoms with E-state index in [0.29, 0.717) is 10.2 Å². The summed E-state index contributed by atoms with van der Waals surface area (Å²) in [7, 11) is 1.61. The SMILES string of the molecule is COc1ccc(-c2csc3ncn(C(C)C(=O)O)c(=O)c23)cc1C. The van der Waals surface area contributed by atoms with Gasteiger partial charge in [0.2, 0.25) is 0 Å². The number of hydrogen-bond donors (Lipinski definition) is 1. The minimum Gasteiger partial charge on any atom is -0.496 e. The molecule has 2 aromatic heterocycles. The van der Waals surface area contributed by atoms with E-state index in [1.165, 1.54) is 24.6 Å². The topological polar surface area (TPSA) is 81.4 Å². The number of carbonyl (C=O) groups is 1. The van der Waals surface area contributed by atoms with E-state index >= 15 is 0 Å². The van der Waals surface area contributed by atoms with Crippen LogP contribution in [0.1, 0.15) is 18.5 Å². The van der Waals surface area contributed by atoms with E-state index in [1.807, 2.05) is 30.5 Å². The molecule has 124 valence electrons. The van der Waals surface area contributed by atoms with Gasteiger partial charge in [0.05, 0.1) is 18.8 Å². The fourth-order valence-electron chi connectivity index (χ4n) is 2.60. The minimum absolute atomic E-state index is 0.348. The van der Waals surface area contributed by atoms with Crippen molar-refractivity contribution in [3.05, 3.63) is 45.8 Å². The third kappa shape index (κ3) is 2.56. The predicted octanol–water partition coefficient (Wildman–Crippen LogP) is 3.09. The molecular formula is C17H16N2O4S. The fraction of sp³-hybridized carbons (Fsp3) is 0.235. The predicted molar refractivity (Wildman–Crippen MR) is 93.0 cm³/mol. The summed E-state index contributed by atoms with van der Waals surface area (Å²) in [6, 6.07) is 4.70. The number of methoxy groups -OCH3 is 1. The van der Waals surface area contributed by atoms with Crippen molar-refractivity contribution in [2.24, 2.45) is 0 Å². The minimum atomic E-state index is -1.07. The lowest BCUT2D eigenvalue weighted by molar-refractivity contribution is -0.140. The van der Waals surface area contributed by atoms with Gasteiger partial charge in [-0.1, -0.05) is 6.07 Å². The summed E-state index contributed by atoms with van der Waals surface area (Å²) in [5.74, 6) is -0.302. The lowest BCUT2D eigenvalue weighted by Crippen LogP contribution is -2.28. The number of nitrogens with zero attached hydrogens (tertiary/aromatic N) is 2. The lowest BCUT2D eigenvalue weighted by atomic mass is 10.0. The summed E-state index contributed by atoms with van der Waals surface area (Å²) in [5, 5.41) is 11.5. The Kier molecular flexibility index (Phi) is 4.11. The molecule has 1 atom stereocenters. The molecule has 0 fully saturated rings. The highest BCUT2D eigenvalue weighted by atomic mass is 32.1. The molecule has 1 aromatic carbocycles. The Morgan fingerprint density at radius 2 is 2.17 bits per heavy atom. The van der Waals surface area contributed by atoms with Crippen LogP contribution in [0.15, 0.2) is 34.7 Å². The second-order valence-corrected chi connectivity index (χ2v) is 6.34. The van der Waals surface area contributed by atoms with Crippen LogP contribution < -0.4 is 10.3 Å². The molecule has 6 nitrogen and oxygen atoms in total. The quantitative estimate of drug-likeness (QED) is 0.786. The van der Waals surface area contributed by atoms with E-state index in [0.717, 1.165) is 27.0 Å². The van der Waals surface area contributed by atoms with Crippen LogP contribution in [-0.2, 0) is 4.79 Å². The number of carboxylic acid groups (broad SMARTS) is 1. The monoisotopic (exact) mass is 344 g/mol. The van der Waals surface area contributed by atoms with E-state index in [9.17, 15) is 9.59 Å². The molecule has 0 aliphatic rings. The summed E-state index contributed by atoms with van der Waals surface area (Å²) >= 11 is 1.36. The van der Waals surface area contributed by atoms with Crippen LogP contribution in [0, 0.1) is 6.92 Å². The number of fused-ring (bicyclic) bond motifs is 1. The van der Waals surface area contributed by atoms with Crippen molar-refractivity contribution in [3.63, 3.8) is 0 Å². The number of ether oxygens (including phenoxy) is 1. The van der Waals surface area contributed by atoms with Crippen LogP contribution in [0.3, 0.4) is 0 Å². The number of carboxylic acids is 1. The maximum atomic E-state index is 12.8. The second-order valence-electron chi connectivity index (χ2n) is 5.49. The average Bonchev–Trinajstić information content (AvgIpc) is 2.99. The van der Waals surface area contributed by atoms with E-state index in [2.05, 4.69) is 4.98 Å². The van der Waals surface area contributed by atoms with Gasteiger partial charge >= 0.3 is 5.97 Å². The Labute approximate surface area is 142 Å². The van der Waals surface area contributed by atoms with Crippen molar-refractivity contribution in [3.8, 4) is 16.9 Å². The summed E-state index contributed by atoms with van der Waals surface area (Å²) in [5.41, 5.74) is 2.24. The maximum absolute atomic E-state index is 12.8.